The second-order valence-electron chi connectivity index (χ2n) is 5.51. The first-order valence-electron chi connectivity index (χ1n) is 7.11. The number of nitrogens with one attached hydrogen (secondary N) is 1. The summed E-state index contributed by atoms with van der Waals surface area (Å²) in [7, 11) is 1.31. The van der Waals surface area contributed by atoms with E-state index in [0.717, 1.165) is 5.56 Å². The third kappa shape index (κ3) is 5.95. The lowest BCUT2D eigenvalue weighted by atomic mass is 10.0. The number of rotatable bonds is 7. The number of benzene rings is 1. The molecule has 21 heavy (non-hydrogen) atoms. The van der Waals surface area contributed by atoms with Gasteiger partial charge >= 0.3 is 5.97 Å². The standard InChI is InChI=1S/C16H24N2O3/c1-11(2)9-13(17)15(19)18-14(16(20)21-3)10-12-7-5-4-6-8-12/h4-8,11,13-14H,9-10,17H2,1-3H3,(H,18,19)/t13?,14-/m0/s1. The second kappa shape index (κ2) is 8.42. The predicted octanol–water partition coefficient (Wildman–Crippen LogP) is 1.26. The van der Waals surface area contributed by atoms with Crippen molar-refractivity contribution in [3.05, 3.63) is 35.9 Å². The number of hydrogen-bond acceptors (Lipinski definition) is 4. The van der Waals surface area contributed by atoms with Crippen molar-refractivity contribution < 1.29 is 14.3 Å². The number of carbonyl (C=O) groups excluding carboxylic acids is 2. The van der Waals surface area contributed by atoms with Crippen molar-refractivity contribution in [3.63, 3.8) is 0 Å². The SMILES string of the molecule is COC(=O)[C@H](Cc1ccccc1)NC(=O)C(N)CC(C)C. The van der Waals surface area contributed by atoms with Crippen LogP contribution in [0.2, 0.25) is 0 Å². The number of carbonyl (C=O) groups is 2. The van der Waals surface area contributed by atoms with Crippen LogP contribution in [0.15, 0.2) is 30.3 Å². The summed E-state index contributed by atoms with van der Waals surface area (Å²) in [5.41, 5.74) is 6.79. The zero-order valence-electron chi connectivity index (χ0n) is 12.8. The van der Waals surface area contributed by atoms with E-state index in [-0.39, 0.29) is 5.91 Å². The normalized spacial score (nSPS) is 13.6. The molecule has 1 aromatic rings. The molecule has 0 bridgehead atoms. The van der Waals surface area contributed by atoms with Crippen LogP contribution in [-0.4, -0.2) is 31.1 Å². The van der Waals surface area contributed by atoms with Gasteiger partial charge < -0.3 is 15.8 Å². The van der Waals surface area contributed by atoms with Gasteiger partial charge in [-0.1, -0.05) is 44.2 Å². The molecule has 0 spiro atoms. The van der Waals surface area contributed by atoms with Crippen LogP contribution in [0, 0.1) is 5.92 Å². The van der Waals surface area contributed by atoms with Crippen molar-refractivity contribution in [1.82, 2.24) is 5.32 Å². The topological polar surface area (TPSA) is 81.4 Å². The highest BCUT2D eigenvalue weighted by atomic mass is 16.5. The molecule has 5 heteroatoms. The molecular formula is C16H24N2O3. The number of amides is 1. The molecule has 0 aliphatic rings. The Bertz CT molecular complexity index is 460. The van der Waals surface area contributed by atoms with E-state index in [0.29, 0.717) is 18.8 Å². The summed E-state index contributed by atoms with van der Waals surface area (Å²) in [5.74, 6) is -0.476. The number of ether oxygens (including phenoxy) is 1. The van der Waals surface area contributed by atoms with Gasteiger partial charge in [-0.2, -0.15) is 0 Å². The molecule has 1 unspecified atom stereocenters. The fourth-order valence-electron chi connectivity index (χ4n) is 2.08. The number of methoxy groups -OCH3 is 1. The predicted molar refractivity (Wildman–Crippen MR) is 81.5 cm³/mol. The summed E-state index contributed by atoms with van der Waals surface area (Å²) < 4.78 is 4.75. The molecule has 0 heterocycles. The summed E-state index contributed by atoms with van der Waals surface area (Å²) in [6.07, 6.45) is 0.957. The van der Waals surface area contributed by atoms with Crippen LogP contribution in [0.3, 0.4) is 0 Å². The first-order valence-corrected chi connectivity index (χ1v) is 7.11. The van der Waals surface area contributed by atoms with Crippen LogP contribution >= 0.6 is 0 Å². The van der Waals surface area contributed by atoms with Gasteiger partial charge in [-0.05, 0) is 17.9 Å². The summed E-state index contributed by atoms with van der Waals surface area (Å²) >= 11 is 0. The molecule has 1 aromatic carbocycles. The van der Waals surface area contributed by atoms with E-state index in [4.69, 9.17) is 10.5 Å². The maximum Gasteiger partial charge on any atom is 0.328 e. The minimum atomic E-state index is -0.719. The minimum absolute atomic E-state index is 0.316. The molecule has 0 aliphatic carbocycles. The van der Waals surface area contributed by atoms with Gasteiger partial charge in [0.05, 0.1) is 13.2 Å². The lowest BCUT2D eigenvalue weighted by Crippen LogP contribution is -2.50. The number of hydrogen-bond donors (Lipinski definition) is 2. The molecule has 5 nitrogen and oxygen atoms in total. The van der Waals surface area contributed by atoms with Crippen LogP contribution in [0.5, 0.6) is 0 Å². The smallest absolute Gasteiger partial charge is 0.328 e. The zero-order chi connectivity index (χ0) is 15.8. The van der Waals surface area contributed by atoms with Crippen LogP contribution < -0.4 is 11.1 Å². The molecule has 2 atom stereocenters. The van der Waals surface area contributed by atoms with Crippen LogP contribution in [0.1, 0.15) is 25.8 Å². The highest BCUT2D eigenvalue weighted by molar-refractivity contribution is 5.87. The molecule has 1 amide bonds. The Labute approximate surface area is 125 Å². The Morgan fingerprint density at radius 2 is 1.86 bits per heavy atom. The van der Waals surface area contributed by atoms with E-state index in [1.807, 2.05) is 44.2 Å². The van der Waals surface area contributed by atoms with Crippen molar-refractivity contribution in [2.45, 2.75) is 38.8 Å². The third-order valence-electron chi connectivity index (χ3n) is 3.15. The summed E-state index contributed by atoms with van der Waals surface area (Å²) in [6.45, 7) is 3.99. The Kier molecular flexibility index (Phi) is 6.88. The summed E-state index contributed by atoms with van der Waals surface area (Å²) in [4.78, 5) is 23.9. The van der Waals surface area contributed by atoms with E-state index >= 15 is 0 Å². The summed E-state index contributed by atoms with van der Waals surface area (Å²) in [6, 6.07) is 8.13. The monoisotopic (exact) mass is 292 g/mol. The Hall–Kier alpha value is -1.88. The van der Waals surface area contributed by atoms with Crippen molar-refractivity contribution >= 4 is 11.9 Å². The summed E-state index contributed by atoms with van der Waals surface area (Å²) in [5, 5.41) is 2.68. The Morgan fingerprint density at radius 3 is 2.38 bits per heavy atom. The first-order chi connectivity index (χ1) is 9.93. The molecule has 0 aliphatic heterocycles. The Morgan fingerprint density at radius 1 is 1.24 bits per heavy atom. The maximum absolute atomic E-state index is 12.1. The van der Waals surface area contributed by atoms with Crippen LogP contribution in [-0.2, 0) is 20.7 Å². The number of nitrogens with two attached hydrogens (primary N) is 1. The Balaban J connectivity index is 2.70. The molecule has 0 fully saturated rings. The fraction of sp³-hybridized carbons (Fsp3) is 0.500. The van der Waals surface area contributed by atoms with Crippen molar-refractivity contribution in [2.24, 2.45) is 11.7 Å². The highest BCUT2D eigenvalue weighted by Gasteiger charge is 2.24. The molecule has 0 radical (unpaired) electrons. The first kappa shape index (κ1) is 17.2. The van der Waals surface area contributed by atoms with Gasteiger partial charge in [0.2, 0.25) is 5.91 Å². The van der Waals surface area contributed by atoms with Gasteiger partial charge in [-0.3, -0.25) is 4.79 Å². The van der Waals surface area contributed by atoms with E-state index < -0.39 is 18.1 Å². The van der Waals surface area contributed by atoms with E-state index in [1.54, 1.807) is 0 Å². The van der Waals surface area contributed by atoms with Gasteiger partial charge in [0.25, 0.3) is 0 Å². The maximum atomic E-state index is 12.1. The number of esters is 1. The quantitative estimate of drug-likeness (QED) is 0.741. The zero-order valence-corrected chi connectivity index (χ0v) is 12.8. The van der Waals surface area contributed by atoms with Gasteiger partial charge in [-0.25, -0.2) is 4.79 Å². The lowest BCUT2D eigenvalue weighted by molar-refractivity contribution is -0.145. The van der Waals surface area contributed by atoms with Gasteiger partial charge in [0, 0.05) is 6.42 Å². The van der Waals surface area contributed by atoms with Crippen LogP contribution in [0.25, 0.3) is 0 Å². The minimum Gasteiger partial charge on any atom is -0.467 e. The highest BCUT2D eigenvalue weighted by Crippen LogP contribution is 2.07. The van der Waals surface area contributed by atoms with E-state index in [1.165, 1.54) is 7.11 Å². The average molecular weight is 292 g/mol. The van der Waals surface area contributed by atoms with Crippen LogP contribution in [0.4, 0.5) is 0 Å². The molecule has 0 saturated heterocycles. The molecule has 3 N–H and O–H groups in total. The van der Waals surface area contributed by atoms with E-state index in [2.05, 4.69) is 5.32 Å². The average Bonchev–Trinajstić information content (AvgIpc) is 2.46. The van der Waals surface area contributed by atoms with Gasteiger partial charge in [-0.15, -0.1) is 0 Å². The molecule has 0 aromatic heterocycles. The van der Waals surface area contributed by atoms with Crippen molar-refractivity contribution in [1.29, 1.82) is 0 Å². The van der Waals surface area contributed by atoms with Crippen molar-refractivity contribution in [2.75, 3.05) is 7.11 Å². The fourth-order valence-corrected chi connectivity index (χ4v) is 2.08. The van der Waals surface area contributed by atoms with E-state index in [9.17, 15) is 9.59 Å². The van der Waals surface area contributed by atoms with Crippen molar-refractivity contribution in [3.8, 4) is 0 Å². The molecular weight excluding hydrogens is 268 g/mol. The molecule has 0 saturated carbocycles. The largest absolute Gasteiger partial charge is 0.467 e. The lowest BCUT2D eigenvalue weighted by Gasteiger charge is -2.20. The van der Waals surface area contributed by atoms with Gasteiger partial charge in [0.15, 0.2) is 0 Å². The second-order valence-corrected chi connectivity index (χ2v) is 5.51. The molecule has 116 valence electrons. The third-order valence-corrected chi connectivity index (χ3v) is 3.15. The van der Waals surface area contributed by atoms with Gasteiger partial charge in [0.1, 0.15) is 6.04 Å². The molecule has 1 rings (SSSR count).